The van der Waals surface area contributed by atoms with Gasteiger partial charge in [0.25, 0.3) is 0 Å². The van der Waals surface area contributed by atoms with Gasteiger partial charge in [0, 0.05) is 36.9 Å². The Hall–Kier alpha value is -5.24. The van der Waals surface area contributed by atoms with Crippen molar-refractivity contribution < 1.29 is 0 Å². The van der Waals surface area contributed by atoms with Crippen molar-refractivity contribution in [2.45, 2.75) is 51.4 Å². The Morgan fingerprint density at radius 2 is 0.941 bits per heavy atom. The standard InChI is InChI=1S/C50H40S/c1-30(31-18-23-39-38-14-8-11-17-47(38)51-48(39)29-31)40-26-32(33-20-24-45-41(27-33)36-12-6-9-15-43(36)49(45,2)3)19-22-35(40)34-21-25-46-42(28-34)37-13-7-10-16-44(37)50(46,4)5/h6-30H,1-5H3. The maximum atomic E-state index is 2.48. The summed E-state index contributed by atoms with van der Waals surface area (Å²) in [6, 6.07) is 55.4. The molecule has 2 aliphatic rings. The quantitative estimate of drug-likeness (QED) is 0.175. The molecule has 2 aliphatic carbocycles. The number of hydrogen-bond donors (Lipinski definition) is 0. The topological polar surface area (TPSA) is 0 Å². The van der Waals surface area contributed by atoms with E-state index in [1.54, 1.807) is 0 Å². The van der Waals surface area contributed by atoms with Gasteiger partial charge in [0.05, 0.1) is 0 Å². The Bertz CT molecular complexity index is 2720. The van der Waals surface area contributed by atoms with Crippen molar-refractivity contribution in [1.29, 1.82) is 0 Å². The minimum Gasteiger partial charge on any atom is -0.135 e. The molecule has 0 aliphatic heterocycles. The van der Waals surface area contributed by atoms with Gasteiger partial charge in [-0.05, 0) is 108 Å². The van der Waals surface area contributed by atoms with E-state index >= 15 is 0 Å². The first-order chi connectivity index (χ1) is 24.7. The van der Waals surface area contributed by atoms with Crippen molar-refractivity contribution in [3.05, 3.63) is 179 Å². The highest BCUT2D eigenvalue weighted by Crippen LogP contribution is 2.52. The number of thiophene rings is 1. The molecular formula is C50H40S. The lowest BCUT2D eigenvalue weighted by molar-refractivity contribution is 0.660. The highest BCUT2D eigenvalue weighted by molar-refractivity contribution is 7.25. The van der Waals surface area contributed by atoms with Crippen LogP contribution >= 0.6 is 11.3 Å². The van der Waals surface area contributed by atoms with E-state index in [9.17, 15) is 0 Å². The van der Waals surface area contributed by atoms with E-state index in [1.165, 1.54) is 98.1 Å². The van der Waals surface area contributed by atoms with Crippen LogP contribution in [0.3, 0.4) is 0 Å². The molecular weight excluding hydrogens is 633 g/mol. The Labute approximate surface area is 305 Å². The summed E-state index contributed by atoms with van der Waals surface area (Å²) in [6.07, 6.45) is 0. The van der Waals surface area contributed by atoms with Crippen LogP contribution < -0.4 is 0 Å². The molecule has 1 heterocycles. The van der Waals surface area contributed by atoms with Crippen LogP contribution in [0, 0.1) is 0 Å². The monoisotopic (exact) mass is 672 g/mol. The highest BCUT2D eigenvalue weighted by Gasteiger charge is 2.36. The normalized spacial score (nSPS) is 15.4. The minimum atomic E-state index is -0.00908. The summed E-state index contributed by atoms with van der Waals surface area (Å²) in [5.74, 6) is 0.195. The molecule has 246 valence electrons. The van der Waals surface area contributed by atoms with Gasteiger partial charge in [0.15, 0.2) is 0 Å². The maximum absolute atomic E-state index is 2.48. The number of hydrogen-bond acceptors (Lipinski definition) is 1. The van der Waals surface area contributed by atoms with Gasteiger partial charge in [-0.3, -0.25) is 0 Å². The van der Waals surface area contributed by atoms with Gasteiger partial charge in [-0.2, -0.15) is 0 Å². The summed E-state index contributed by atoms with van der Waals surface area (Å²) < 4.78 is 2.71. The fourth-order valence-electron chi connectivity index (χ4n) is 9.34. The van der Waals surface area contributed by atoms with E-state index in [1.807, 2.05) is 11.3 Å². The van der Waals surface area contributed by atoms with Crippen molar-refractivity contribution >= 4 is 31.5 Å². The first-order valence-corrected chi connectivity index (χ1v) is 19.1. The van der Waals surface area contributed by atoms with Gasteiger partial charge in [0.2, 0.25) is 0 Å². The van der Waals surface area contributed by atoms with Crippen molar-refractivity contribution in [3.63, 3.8) is 0 Å². The molecule has 0 saturated heterocycles. The zero-order chi connectivity index (χ0) is 34.6. The van der Waals surface area contributed by atoms with Crippen LogP contribution in [0.5, 0.6) is 0 Å². The van der Waals surface area contributed by atoms with Gasteiger partial charge < -0.3 is 0 Å². The highest BCUT2D eigenvalue weighted by atomic mass is 32.1. The lowest BCUT2D eigenvalue weighted by Crippen LogP contribution is -2.14. The van der Waals surface area contributed by atoms with E-state index in [-0.39, 0.29) is 16.7 Å². The maximum Gasteiger partial charge on any atom is 0.0358 e. The summed E-state index contributed by atoms with van der Waals surface area (Å²) in [4.78, 5) is 0. The Morgan fingerprint density at radius 1 is 0.412 bits per heavy atom. The Morgan fingerprint density at radius 3 is 1.65 bits per heavy atom. The molecule has 1 unspecified atom stereocenters. The third-order valence-electron chi connectivity index (χ3n) is 12.2. The van der Waals surface area contributed by atoms with Crippen molar-refractivity contribution in [1.82, 2.24) is 0 Å². The molecule has 1 aromatic heterocycles. The predicted molar refractivity (Wildman–Crippen MR) is 219 cm³/mol. The van der Waals surface area contributed by atoms with Crippen LogP contribution in [0.25, 0.3) is 64.7 Å². The van der Waals surface area contributed by atoms with E-state index < -0.39 is 0 Å². The molecule has 7 aromatic carbocycles. The average molecular weight is 673 g/mol. The molecule has 51 heavy (non-hydrogen) atoms. The molecule has 0 spiro atoms. The lowest BCUT2D eigenvalue weighted by atomic mass is 9.81. The summed E-state index contributed by atoms with van der Waals surface area (Å²) in [7, 11) is 0. The molecule has 10 rings (SSSR count). The zero-order valence-electron chi connectivity index (χ0n) is 29.8. The third kappa shape index (κ3) is 4.44. The van der Waals surface area contributed by atoms with Gasteiger partial charge >= 0.3 is 0 Å². The number of fused-ring (bicyclic) bond motifs is 9. The number of rotatable bonds is 4. The van der Waals surface area contributed by atoms with Crippen molar-refractivity contribution in [2.24, 2.45) is 0 Å². The van der Waals surface area contributed by atoms with E-state index in [0.29, 0.717) is 0 Å². The smallest absolute Gasteiger partial charge is 0.0358 e. The summed E-state index contributed by atoms with van der Waals surface area (Å²) >= 11 is 1.90. The van der Waals surface area contributed by atoms with Crippen molar-refractivity contribution in [2.75, 3.05) is 0 Å². The van der Waals surface area contributed by atoms with Gasteiger partial charge in [-0.1, -0.05) is 150 Å². The molecule has 1 heteroatoms. The van der Waals surface area contributed by atoms with E-state index in [2.05, 4.69) is 180 Å². The second-order valence-corrected chi connectivity index (χ2v) is 16.8. The molecule has 0 nitrogen and oxygen atoms in total. The summed E-state index contributed by atoms with van der Waals surface area (Å²) in [5.41, 5.74) is 18.9. The fraction of sp³-hybridized carbons (Fsp3) is 0.160. The molecule has 0 radical (unpaired) electrons. The van der Waals surface area contributed by atoms with Gasteiger partial charge in [-0.15, -0.1) is 11.3 Å². The fourth-order valence-corrected chi connectivity index (χ4v) is 10.5. The first-order valence-electron chi connectivity index (χ1n) is 18.2. The van der Waals surface area contributed by atoms with Gasteiger partial charge in [0.1, 0.15) is 0 Å². The molecule has 0 amide bonds. The Balaban J connectivity index is 1.15. The average Bonchev–Trinajstić information content (AvgIpc) is 3.73. The van der Waals surface area contributed by atoms with Crippen LogP contribution in [0.1, 0.15) is 73.9 Å². The lowest BCUT2D eigenvalue weighted by Gasteiger charge is -2.23. The largest absolute Gasteiger partial charge is 0.135 e. The van der Waals surface area contributed by atoms with Crippen LogP contribution in [0.15, 0.2) is 146 Å². The second-order valence-electron chi connectivity index (χ2n) is 15.7. The molecule has 1 atom stereocenters. The van der Waals surface area contributed by atoms with Crippen LogP contribution in [-0.4, -0.2) is 0 Å². The van der Waals surface area contributed by atoms with E-state index in [0.717, 1.165) is 0 Å². The molecule has 0 bridgehead atoms. The Kier molecular flexibility index (Phi) is 6.52. The summed E-state index contributed by atoms with van der Waals surface area (Å²) in [5, 5.41) is 2.70. The second kappa shape index (κ2) is 10.9. The third-order valence-corrected chi connectivity index (χ3v) is 13.4. The predicted octanol–water partition coefficient (Wildman–Crippen LogP) is 14.2. The molecule has 0 fully saturated rings. The van der Waals surface area contributed by atoms with Gasteiger partial charge in [-0.25, -0.2) is 0 Å². The summed E-state index contributed by atoms with van der Waals surface area (Å²) in [6.45, 7) is 11.8. The number of benzene rings is 7. The SMILES string of the molecule is CC(c1ccc2c(c1)sc1ccccc12)c1cc(-c2ccc3c(c2)-c2ccccc2C3(C)C)ccc1-c1ccc2c(c1)-c1ccccc1C2(C)C. The zero-order valence-corrected chi connectivity index (χ0v) is 30.7. The van der Waals surface area contributed by atoms with Crippen LogP contribution in [0.4, 0.5) is 0 Å². The molecule has 0 N–H and O–H groups in total. The minimum absolute atomic E-state index is 0.0000193. The molecule has 0 saturated carbocycles. The first kappa shape index (κ1) is 30.6. The van der Waals surface area contributed by atoms with Crippen LogP contribution in [-0.2, 0) is 10.8 Å². The van der Waals surface area contributed by atoms with E-state index in [4.69, 9.17) is 0 Å². The van der Waals surface area contributed by atoms with Crippen LogP contribution in [0.2, 0.25) is 0 Å². The van der Waals surface area contributed by atoms with Crippen molar-refractivity contribution in [3.8, 4) is 44.5 Å². The molecule has 8 aromatic rings.